The van der Waals surface area contributed by atoms with Gasteiger partial charge in [-0.25, -0.2) is 19.4 Å². The number of hydrazine groups is 1. The number of benzene rings is 2. The Kier molecular flexibility index (Phi) is 5.37. The van der Waals surface area contributed by atoms with Crippen LogP contribution in [-0.2, 0) is 20.0 Å². The number of nitrogens with zero attached hydrogens (tertiary/aromatic N) is 6. The lowest BCUT2D eigenvalue weighted by atomic mass is 9.80. The first kappa shape index (κ1) is 21.6. The minimum absolute atomic E-state index is 0.0105. The lowest BCUT2D eigenvalue weighted by Crippen LogP contribution is -2.42. The molecule has 176 valence electrons. The molecule has 1 aliphatic heterocycles. The number of halogens is 1. The molecule has 6 rings (SSSR count). The molecular formula is C27H25FN6O. The third kappa shape index (κ3) is 4.00. The maximum atomic E-state index is 14.0. The van der Waals surface area contributed by atoms with E-state index in [1.165, 1.54) is 6.07 Å². The van der Waals surface area contributed by atoms with E-state index in [9.17, 15) is 9.18 Å². The van der Waals surface area contributed by atoms with Gasteiger partial charge in [-0.1, -0.05) is 24.3 Å². The van der Waals surface area contributed by atoms with Gasteiger partial charge in [-0.2, -0.15) is 5.10 Å². The molecule has 2 atom stereocenters. The van der Waals surface area contributed by atoms with Gasteiger partial charge in [0.25, 0.3) is 5.91 Å². The number of hydrogen-bond donors (Lipinski definition) is 0. The van der Waals surface area contributed by atoms with Gasteiger partial charge < -0.3 is 0 Å². The number of carbonyl (C=O) groups is 1. The van der Waals surface area contributed by atoms with Crippen molar-refractivity contribution in [1.29, 1.82) is 0 Å². The number of aromatic nitrogens is 4. The molecule has 1 aliphatic carbocycles. The molecule has 1 saturated heterocycles. The largest absolute Gasteiger partial charge is 0.288 e. The summed E-state index contributed by atoms with van der Waals surface area (Å²) < 4.78 is 15.7. The zero-order valence-corrected chi connectivity index (χ0v) is 19.4. The molecule has 0 radical (unpaired) electrons. The zero-order valence-electron chi connectivity index (χ0n) is 19.4. The summed E-state index contributed by atoms with van der Waals surface area (Å²) in [5, 5.41) is 8.33. The SMILES string of the molecule is Cn1ccc(C(=O)N2C[C@@H]3CCc4cc(F)ccc4[C@@H]3N2Cc2cccc(-c3ncccn3)c2)n1. The molecule has 35 heavy (non-hydrogen) atoms. The van der Waals surface area contributed by atoms with Crippen molar-refractivity contribution in [2.75, 3.05) is 6.54 Å². The van der Waals surface area contributed by atoms with E-state index in [0.717, 1.165) is 35.1 Å². The van der Waals surface area contributed by atoms with Crippen LogP contribution in [0, 0.1) is 11.7 Å². The Morgan fingerprint density at radius 1 is 1.09 bits per heavy atom. The summed E-state index contributed by atoms with van der Waals surface area (Å²) in [5.41, 5.74) is 4.51. The Balaban J connectivity index is 1.39. The van der Waals surface area contributed by atoms with Crippen LogP contribution >= 0.6 is 0 Å². The highest BCUT2D eigenvalue weighted by atomic mass is 19.1. The van der Waals surface area contributed by atoms with Crippen molar-refractivity contribution in [3.63, 3.8) is 0 Å². The Bertz CT molecular complexity index is 1390. The van der Waals surface area contributed by atoms with Crippen LogP contribution in [-0.4, -0.2) is 42.2 Å². The van der Waals surface area contributed by atoms with Gasteiger partial charge in [-0.05, 0) is 65.8 Å². The Morgan fingerprint density at radius 2 is 1.94 bits per heavy atom. The molecule has 0 saturated carbocycles. The van der Waals surface area contributed by atoms with Crippen LogP contribution in [0.4, 0.5) is 4.39 Å². The van der Waals surface area contributed by atoms with E-state index >= 15 is 0 Å². The fourth-order valence-electron chi connectivity index (χ4n) is 5.39. The predicted molar refractivity (Wildman–Crippen MR) is 128 cm³/mol. The molecule has 2 aromatic carbocycles. The molecule has 4 aromatic rings. The number of rotatable bonds is 4. The highest BCUT2D eigenvalue weighted by Gasteiger charge is 2.46. The minimum Gasteiger partial charge on any atom is -0.275 e. The molecule has 1 fully saturated rings. The van der Waals surface area contributed by atoms with E-state index < -0.39 is 0 Å². The molecule has 0 bridgehead atoms. The van der Waals surface area contributed by atoms with Crippen molar-refractivity contribution in [1.82, 2.24) is 29.8 Å². The summed E-state index contributed by atoms with van der Waals surface area (Å²) in [6, 6.07) is 16.7. The third-order valence-corrected chi connectivity index (χ3v) is 6.96. The number of amides is 1. The molecule has 0 N–H and O–H groups in total. The first-order valence-corrected chi connectivity index (χ1v) is 11.8. The number of aryl methyl sites for hydroxylation is 2. The molecule has 2 aliphatic rings. The van der Waals surface area contributed by atoms with Crippen LogP contribution in [0.5, 0.6) is 0 Å². The fraction of sp³-hybridized carbons (Fsp3) is 0.259. The van der Waals surface area contributed by atoms with Crippen LogP contribution in [0.2, 0.25) is 0 Å². The van der Waals surface area contributed by atoms with Crippen molar-refractivity contribution >= 4 is 5.91 Å². The number of hydrogen-bond acceptors (Lipinski definition) is 5. The van der Waals surface area contributed by atoms with E-state index in [-0.39, 0.29) is 23.7 Å². The van der Waals surface area contributed by atoms with E-state index in [0.29, 0.717) is 24.6 Å². The summed E-state index contributed by atoms with van der Waals surface area (Å²) in [5.74, 6) is 0.588. The van der Waals surface area contributed by atoms with Crippen LogP contribution in [0.25, 0.3) is 11.4 Å². The summed E-state index contributed by atoms with van der Waals surface area (Å²) in [7, 11) is 1.81. The van der Waals surface area contributed by atoms with Gasteiger partial charge in [-0.15, -0.1) is 0 Å². The quantitative estimate of drug-likeness (QED) is 0.449. The van der Waals surface area contributed by atoms with Crippen molar-refractivity contribution in [2.24, 2.45) is 13.0 Å². The maximum Gasteiger partial charge on any atom is 0.288 e. The molecular weight excluding hydrogens is 443 g/mol. The normalized spacial score (nSPS) is 19.4. The second kappa shape index (κ2) is 8.70. The summed E-state index contributed by atoms with van der Waals surface area (Å²) >= 11 is 0. The smallest absolute Gasteiger partial charge is 0.275 e. The number of carbonyl (C=O) groups excluding carboxylic acids is 1. The topological polar surface area (TPSA) is 67.2 Å². The molecule has 1 amide bonds. The average molecular weight is 469 g/mol. The van der Waals surface area contributed by atoms with E-state index in [4.69, 9.17) is 0 Å². The first-order chi connectivity index (χ1) is 17.1. The highest BCUT2D eigenvalue weighted by molar-refractivity contribution is 5.92. The minimum atomic E-state index is -0.219. The third-order valence-electron chi connectivity index (χ3n) is 6.96. The first-order valence-electron chi connectivity index (χ1n) is 11.8. The molecule has 7 nitrogen and oxygen atoms in total. The highest BCUT2D eigenvalue weighted by Crippen LogP contribution is 2.45. The summed E-state index contributed by atoms with van der Waals surface area (Å²) in [6.45, 7) is 1.13. The van der Waals surface area contributed by atoms with Gasteiger partial charge in [-0.3, -0.25) is 14.5 Å². The molecule has 0 spiro atoms. The Hall–Kier alpha value is -3.91. The van der Waals surface area contributed by atoms with Gasteiger partial charge in [0.05, 0.1) is 6.04 Å². The van der Waals surface area contributed by atoms with E-state index in [1.54, 1.807) is 48.5 Å². The lowest BCUT2D eigenvalue weighted by molar-refractivity contribution is -0.00450. The number of fused-ring (bicyclic) bond motifs is 3. The molecule has 8 heteroatoms. The Morgan fingerprint density at radius 3 is 2.74 bits per heavy atom. The summed E-state index contributed by atoms with van der Waals surface area (Å²) in [4.78, 5) is 22.3. The average Bonchev–Trinajstić information content (AvgIpc) is 3.48. The van der Waals surface area contributed by atoms with Crippen LogP contribution in [0.3, 0.4) is 0 Å². The van der Waals surface area contributed by atoms with Gasteiger partial charge >= 0.3 is 0 Å². The van der Waals surface area contributed by atoms with Crippen molar-refractivity contribution < 1.29 is 9.18 Å². The van der Waals surface area contributed by atoms with Crippen LogP contribution < -0.4 is 0 Å². The maximum absolute atomic E-state index is 14.0. The van der Waals surface area contributed by atoms with E-state index in [1.807, 2.05) is 23.2 Å². The zero-order chi connectivity index (χ0) is 23.9. The standard InChI is InChI=1S/C27H25FN6O/c1-32-13-10-24(31-32)27(35)34-17-21-7-6-19-15-22(28)8-9-23(19)25(21)33(34)16-18-4-2-5-20(14-18)26-29-11-3-12-30-26/h2-5,8-15,21,25H,6-7,16-17H2,1H3/t21-,25+/m0/s1. The Labute approximate surface area is 202 Å². The predicted octanol–water partition coefficient (Wildman–Crippen LogP) is 4.19. The van der Waals surface area contributed by atoms with E-state index in [2.05, 4.69) is 32.2 Å². The lowest BCUT2D eigenvalue weighted by Gasteiger charge is -2.35. The van der Waals surface area contributed by atoms with Crippen LogP contribution in [0.1, 0.15) is 39.6 Å². The second-order valence-corrected chi connectivity index (χ2v) is 9.22. The monoisotopic (exact) mass is 468 g/mol. The molecule has 2 aromatic heterocycles. The van der Waals surface area contributed by atoms with Crippen molar-refractivity contribution in [2.45, 2.75) is 25.4 Å². The second-order valence-electron chi connectivity index (χ2n) is 9.22. The summed E-state index contributed by atoms with van der Waals surface area (Å²) in [6.07, 6.45) is 6.95. The molecule has 0 unspecified atom stereocenters. The van der Waals surface area contributed by atoms with Gasteiger partial charge in [0.1, 0.15) is 5.82 Å². The fourth-order valence-corrected chi connectivity index (χ4v) is 5.39. The van der Waals surface area contributed by atoms with Gasteiger partial charge in [0.15, 0.2) is 11.5 Å². The van der Waals surface area contributed by atoms with Crippen molar-refractivity contribution in [3.05, 3.63) is 101 Å². The molecule has 3 heterocycles. The van der Waals surface area contributed by atoms with Crippen LogP contribution in [0.15, 0.2) is 73.2 Å². The van der Waals surface area contributed by atoms with Gasteiger partial charge in [0.2, 0.25) is 0 Å². The van der Waals surface area contributed by atoms with Crippen molar-refractivity contribution in [3.8, 4) is 11.4 Å². The van der Waals surface area contributed by atoms with Gasteiger partial charge in [0, 0.05) is 44.3 Å².